The molecule has 2 rings (SSSR count). The molecule has 78 valence electrons. The van der Waals surface area contributed by atoms with E-state index in [0.29, 0.717) is 0 Å². The van der Waals surface area contributed by atoms with Gasteiger partial charge in [0.05, 0.1) is 16.8 Å². The molecule has 0 aliphatic heterocycles. The Labute approximate surface area is 89.0 Å². The van der Waals surface area contributed by atoms with Crippen molar-refractivity contribution in [3.63, 3.8) is 0 Å². The molecule has 1 saturated carbocycles. The summed E-state index contributed by atoms with van der Waals surface area (Å²) in [6.07, 6.45) is 2.86. The molecule has 1 aromatic heterocycles. The van der Waals surface area contributed by atoms with Crippen LogP contribution < -0.4 is 0 Å². The molecule has 1 unspecified atom stereocenters. The van der Waals surface area contributed by atoms with Gasteiger partial charge >= 0.3 is 0 Å². The molecular formula is C11H17NOS. The standard InChI is InChI=1S/C11H17NOS/c1-7-8(2)14-10(12-7)6-9(13)11(3)4-5-11/h9,13H,4-6H2,1-3H3. The summed E-state index contributed by atoms with van der Waals surface area (Å²) >= 11 is 1.72. The molecule has 14 heavy (non-hydrogen) atoms. The number of aryl methyl sites for hydroxylation is 2. The first-order valence-corrected chi connectivity index (χ1v) is 5.94. The lowest BCUT2D eigenvalue weighted by Crippen LogP contribution is -2.21. The Morgan fingerprint density at radius 2 is 2.14 bits per heavy atom. The first-order valence-electron chi connectivity index (χ1n) is 5.12. The number of rotatable bonds is 3. The van der Waals surface area contributed by atoms with Gasteiger partial charge in [-0.3, -0.25) is 0 Å². The molecule has 0 aromatic carbocycles. The molecule has 0 radical (unpaired) electrons. The van der Waals surface area contributed by atoms with E-state index in [1.807, 2.05) is 6.92 Å². The van der Waals surface area contributed by atoms with E-state index in [-0.39, 0.29) is 11.5 Å². The fourth-order valence-corrected chi connectivity index (χ4v) is 2.54. The maximum Gasteiger partial charge on any atom is 0.0956 e. The highest BCUT2D eigenvalue weighted by atomic mass is 32.1. The van der Waals surface area contributed by atoms with Crippen LogP contribution in [0.2, 0.25) is 0 Å². The Bertz CT molecular complexity index is 322. The van der Waals surface area contributed by atoms with Crippen LogP contribution in [0.25, 0.3) is 0 Å². The van der Waals surface area contributed by atoms with Crippen LogP contribution in [0, 0.1) is 19.3 Å². The van der Waals surface area contributed by atoms with Crippen molar-refractivity contribution in [1.82, 2.24) is 4.98 Å². The summed E-state index contributed by atoms with van der Waals surface area (Å²) < 4.78 is 0. The van der Waals surface area contributed by atoms with Gasteiger partial charge in [-0.1, -0.05) is 6.92 Å². The summed E-state index contributed by atoms with van der Waals surface area (Å²) in [5, 5.41) is 11.1. The normalized spacial score (nSPS) is 20.9. The SMILES string of the molecule is Cc1nc(CC(O)C2(C)CC2)sc1C. The van der Waals surface area contributed by atoms with Gasteiger partial charge in [0.15, 0.2) is 0 Å². The molecule has 1 aliphatic carbocycles. The van der Waals surface area contributed by atoms with Crippen molar-refractivity contribution in [1.29, 1.82) is 0 Å². The van der Waals surface area contributed by atoms with E-state index in [0.717, 1.165) is 30.0 Å². The molecule has 1 fully saturated rings. The minimum absolute atomic E-state index is 0.188. The summed E-state index contributed by atoms with van der Waals surface area (Å²) in [7, 11) is 0. The lowest BCUT2D eigenvalue weighted by Gasteiger charge is -2.15. The van der Waals surface area contributed by atoms with Gasteiger partial charge in [-0.05, 0) is 32.1 Å². The lowest BCUT2D eigenvalue weighted by molar-refractivity contribution is 0.103. The van der Waals surface area contributed by atoms with Crippen molar-refractivity contribution in [2.24, 2.45) is 5.41 Å². The summed E-state index contributed by atoms with van der Waals surface area (Å²) in [6.45, 7) is 6.27. The predicted octanol–water partition coefficient (Wildman–Crippen LogP) is 2.46. The van der Waals surface area contributed by atoms with Crippen LogP contribution in [0.5, 0.6) is 0 Å². The van der Waals surface area contributed by atoms with Crippen molar-refractivity contribution >= 4 is 11.3 Å². The Hall–Kier alpha value is -0.410. The van der Waals surface area contributed by atoms with E-state index < -0.39 is 0 Å². The van der Waals surface area contributed by atoms with Crippen molar-refractivity contribution in [2.45, 2.75) is 46.1 Å². The zero-order valence-corrected chi connectivity index (χ0v) is 9.82. The average molecular weight is 211 g/mol. The highest BCUT2D eigenvalue weighted by Gasteiger charge is 2.44. The van der Waals surface area contributed by atoms with E-state index >= 15 is 0 Å². The van der Waals surface area contributed by atoms with E-state index in [2.05, 4.69) is 18.8 Å². The molecule has 1 aromatic rings. The Kier molecular flexibility index (Phi) is 2.40. The van der Waals surface area contributed by atoms with Crippen molar-refractivity contribution in [2.75, 3.05) is 0 Å². The Balaban J connectivity index is 2.03. The molecule has 3 heteroatoms. The van der Waals surface area contributed by atoms with Crippen LogP contribution in [0.15, 0.2) is 0 Å². The minimum atomic E-state index is -0.201. The van der Waals surface area contributed by atoms with Crippen LogP contribution in [0.3, 0.4) is 0 Å². The van der Waals surface area contributed by atoms with E-state index in [1.165, 1.54) is 4.88 Å². The monoisotopic (exact) mass is 211 g/mol. The van der Waals surface area contributed by atoms with Crippen LogP contribution >= 0.6 is 11.3 Å². The molecule has 0 saturated heterocycles. The van der Waals surface area contributed by atoms with Gasteiger partial charge in [0.2, 0.25) is 0 Å². The van der Waals surface area contributed by atoms with Crippen LogP contribution in [-0.4, -0.2) is 16.2 Å². The summed E-state index contributed by atoms with van der Waals surface area (Å²) in [5.41, 5.74) is 1.30. The lowest BCUT2D eigenvalue weighted by atomic mass is 10.00. The first-order chi connectivity index (χ1) is 6.51. The van der Waals surface area contributed by atoms with Crippen LogP contribution in [-0.2, 0) is 6.42 Å². The number of aromatic nitrogens is 1. The van der Waals surface area contributed by atoms with Gasteiger partial charge in [-0.2, -0.15) is 0 Å². The van der Waals surface area contributed by atoms with Crippen molar-refractivity contribution in [3.8, 4) is 0 Å². The second-order valence-electron chi connectivity index (χ2n) is 4.62. The van der Waals surface area contributed by atoms with Crippen LogP contribution in [0.4, 0.5) is 0 Å². The molecule has 2 nitrogen and oxygen atoms in total. The maximum absolute atomic E-state index is 9.97. The third-order valence-corrected chi connectivity index (χ3v) is 4.38. The zero-order valence-electron chi connectivity index (χ0n) is 9.00. The second kappa shape index (κ2) is 3.31. The minimum Gasteiger partial charge on any atom is -0.392 e. The average Bonchev–Trinajstić information content (AvgIpc) is 2.77. The largest absolute Gasteiger partial charge is 0.392 e. The molecule has 0 spiro atoms. The van der Waals surface area contributed by atoms with E-state index in [9.17, 15) is 5.11 Å². The van der Waals surface area contributed by atoms with Gasteiger partial charge < -0.3 is 5.11 Å². The van der Waals surface area contributed by atoms with Crippen molar-refractivity contribution < 1.29 is 5.11 Å². The van der Waals surface area contributed by atoms with Gasteiger partial charge in [-0.25, -0.2) is 4.98 Å². The number of nitrogens with zero attached hydrogens (tertiary/aromatic N) is 1. The highest BCUT2D eigenvalue weighted by Crippen LogP contribution is 2.49. The van der Waals surface area contributed by atoms with E-state index in [1.54, 1.807) is 11.3 Å². The molecule has 0 amide bonds. The Morgan fingerprint density at radius 1 is 1.50 bits per heavy atom. The smallest absolute Gasteiger partial charge is 0.0956 e. The topological polar surface area (TPSA) is 33.1 Å². The fraction of sp³-hybridized carbons (Fsp3) is 0.727. The number of hydrogen-bond donors (Lipinski definition) is 1. The Morgan fingerprint density at radius 3 is 2.57 bits per heavy atom. The number of aliphatic hydroxyl groups is 1. The molecule has 1 aliphatic rings. The molecule has 0 bridgehead atoms. The molecule has 1 atom stereocenters. The quantitative estimate of drug-likeness (QED) is 0.833. The number of hydrogen-bond acceptors (Lipinski definition) is 3. The first kappa shape index (κ1) is 10.1. The zero-order chi connectivity index (χ0) is 10.3. The summed E-state index contributed by atoms with van der Waals surface area (Å²) in [6, 6.07) is 0. The van der Waals surface area contributed by atoms with Gasteiger partial charge in [0.25, 0.3) is 0 Å². The van der Waals surface area contributed by atoms with Gasteiger partial charge in [-0.15, -0.1) is 11.3 Å². The predicted molar refractivity (Wildman–Crippen MR) is 58.6 cm³/mol. The molecule has 1 N–H and O–H groups in total. The number of thiazole rings is 1. The van der Waals surface area contributed by atoms with E-state index in [4.69, 9.17) is 0 Å². The summed E-state index contributed by atoms with van der Waals surface area (Å²) in [5.74, 6) is 0. The van der Waals surface area contributed by atoms with Gasteiger partial charge in [0.1, 0.15) is 0 Å². The number of aliphatic hydroxyl groups excluding tert-OH is 1. The maximum atomic E-state index is 9.97. The molecular weight excluding hydrogens is 194 g/mol. The van der Waals surface area contributed by atoms with Gasteiger partial charge in [0, 0.05) is 11.3 Å². The highest BCUT2D eigenvalue weighted by molar-refractivity contribution is 7.11. The van der Waals surface area contributed by atoms with Crippen molar-refractivity contribution in [3.05, 3.63) is 15.6 Å². The third-order valence-electron chi connectivity index (χ3n) is 3.28. The second-order valence-corrected chi connectivity index (χ2v) is 5.91. The van der Waals surface area contributed by atoms with Crippen LogP contribution in [0.1, 0.15) is 35.3 Å². The summed E-state index contributed by atoms with van der Waals surface area (Å²) in [4.78, 5) is 5.72. The molecule has 1 heterocycles. The third kappa shape index (κ3) is 1.84. The fourth-order valence-electron chi connectivity index (χ4n) is 1.57.